The molecule has 1 saturated carbocycles. The monoisotopic (exact) mass is 328 g/mol. The van der Waals surface area contributed by atoms with Crippen molar-refractivity contribution >= 4 is 18.3 Å². The molecule has 1 saturated heterocycles. The van der Waals surface area contributed by atoms with Crippen LogP contribution in [0.2, 0.25) is 0 Å². The lowest BCUT2D eigenvalue weighted by Crippen LogP contribution is -2.41. The second-order valence-electron chi connectivity index (χ2n) is 6.00. The molecule has 3 unspecified atom stereocenters. The molecular formula is C14H24ClF3N2O. The Bertz CT molecular complexity index is 333. The minimum atomic E-state index is -4.13. The number of halogens is 4. The average Bonchev–Trinajstić information content (AvgIpc) is 2.89. The van der Waals surface area contributed by atoms with E-state index < -0.39 is 12.1 Å². The van der Waals surface area contributed by atoms with E-state index in [0.29, 0.717) is 25.3 Å². The van der Waals surface area contributed by atoms with E-state index in [0.717, 1.165) is 25.8 Å². The molecule has 2 fully saturated rings. The molecule has 3 nitrogen and oxygen atoms in total. The zero-order chi connectivity index (χ0) is 14.6. The molecule has 1 aliphatic heterocycles. The Morgan fingerprint density at radius 2 is 1.95 bits per heavy atom. The summed E-state index contributed by atoms with van der Waals surface area (Å²) in [5.74, 6) is -1.36. The molecule has 7 heteroatoms. The van der Waals surface area contributed by atoms with Gasteiger partial charge < -0.3 is 10.6 Å². The number of rotatable bonds is 4. The van der Waals surface area contributed by atoms with E-state index in [4.69, 9.17) is 0 Å². The molecule has 1 heterocycles. The first-order chi connectivity index (χ1) is 9.45. The zero-order valence-corrected chi connectivity index (χ0v) is 12.9. The number of amides is 1. The van der Waals surface area contributed by atoms with E-state index in [1.807, 2.05) is 0 Å². The summed E-state index contributed by atoms with van der Waals surface area (Å²) in [4.78, 5) is 11.8. The number of hydrogen-bond donors (Lipinski definition) is 2. The summed E-state index contributed by atoms with van der Waals surface area (Å²) in [6, 6.07) is 0.0921. The van der Waals surface area contributed by atoms with Crippen molar-refractivity contribution in [3.8, 4) is 0 Å². The standard InChI is InChI=1S/C14H23F3N2O.ClH/c15-14(16,17)10-3-1-4-12(9-10)19-13(20)7-6-11-5-2-8-18-11;/h10-12,18H,1-9H2,(H,19,20);1H. The number of carbonyl (C=O) groups is 1. The molecule has 2 aliphatic rings. The van der Waals surface area contributed by atoms with E-state index in [1.54, 1.807) is 0 Å². The Labute approximate surface area is 129 Å². The van der Waals surface area contributed by atoms with Gasteiger partial charge in [-0.2, -0.15) is 13.2 Å². The van der Waals surface area contributed by atoms with Crippen molar-refractivity contribution in [1.82, 2.24) is 10.6 Å². The van der Waals surface area contributed by atoms with Crippen molar-refractivity contribution in [2.75, 3.05) is 6.54 Å². The van der Waals surface area contributed by atoms with Crippen LogP contribution in [0.5, 0.6) is 0 Å². The number of nitrogens with one attached hydrogen (secondary N) is 2. The van der Waals surface area contributed by atoms with Gasteiger partial charge in [0.15, 0.2) is 0 Å². The van der Waals surface area contributed by atoms with E-state index >= 15 is 0 Å². The maximum absolute atomic E-state index is 12.7. The summed E-state index contributed by atoms with van der Waals surface area (Å²) in [6.07, 6.45) is 0.733. The van der Waals surface area contributed by atoms with Crippen molar-refractivity contribution in [3.05, 3.63) is 0 Å². The number of alkyl halides is 3. The first-order valence-corrected chi connectivity index (χ1v) is 7.54. The highest BCUT2D eigenvalue weighted by atomic mass is 35.5. The highest BCUT2D eigenvalue weighted by molar-refractivity contribution is 5.85. The third kappa shape index (κ3) is 6.02. The maximum atomic E-state index is 12.7. The van der Waals surface area contributed by atoms with E-state index in [-0.39, 0.29) is 37.2 Å². The zero-order valence-electron chi connectivity index (χ0n) is 12.0. The Balaban J connectivity index is 0.00000220. The van der Waals surface area contributed by atoms with Gasteiger partial charge in [-0.1, -0.05) is 6.42 Å². The summed E-state index contributed by atoms with van der Waals surface area (Å²) in [6.45, 7) is 1.00. The smallest absolute Gasteiger partial charge is 0.353 e. The maximum Gasteiger partial charge on any atom is 0.391 e. The first-order valence-electron chi connectivity index (χ1n) is 7.54. The summed E-state index contributed by atoms with van der Waals surface area (Å²) in [5, 5.41) is 6.09. The lowest BCUT2D eigenvalue weighted by atomic mass is 9.85. The third-order valence-corrected chi connectivity index (χ3v) is 4.38. The average molecular weight is 329 g/mol. The number of carbonyl (C=O) groups excluding carboxylic acids is 1. The van der Waals surface area contributed by atoms with Crippen LogP contribution in [-0.4, -0.2) is 30.7 Å². The minimum absolute atomic E-state index is 0. The van der Waals surface area contributed by atoms with Crippen molar-refractivity contribution in [2.45, 2.75) is 69.6 Å². The van der Waals surface area contributed by atoms with Crippen molar-refractivity contribution in [1.29, 1.82) is 0 Å². The summed E-state index contributed by atoms with van der Waals surface area (Å²) < 4.78 is 38.1. The van der Waals surface area contributed by atoms with E-state index in [1.165, 1.54) is 0 Å². The van der Waals surface area contributed by atoms with Crippen LogP contribution in [-0.2, 0) is 4.79 Å². The normalized spacial score (nSPS) is 29.8. The van der Waals surface area contributed by atoms with E-state index in [9.17, 15) is 18.0 Å². The Morgan fingerprint density at radius 3 is 2.57 bits per heavy atom. The fourth-order valence-corrected chi connectivity index (χ4v) is 3.23. The van der Waals surface area contributed by atoms with Gasteiger partial charge in [-0.25, -0.2) is 0 Å². The predicted octanol–water partition coefficient (Wildman–Crippen LogP) is 3.18. The first kappa shape index (κ1) is 18.6. The fourth-order valence-electron chi connectivity index (χ4n) is 3.23. The Kier molecular flexibility index (Phi) is 7.27. The second kappa shape index (κ2) is 8.22. The summed E-state index contributed by atoms with van der Waals surface area (Å²) >= 11 is 0. The van der Waals surface area contributed by atoms with Gasteiger partial charge >= 0.3 is 6.18 Å². The number of hydrogen-bond acceptors (Lipinski definition) is 2. The SMILES string of the molecule is Cl.O=C(CCC1CCCN1)NC1CCCC(C(F)(F)F)C1. The van der Waals surface area contributed by atoms with Gasteiger partial charge in [-0.3, -0.25) is 4.79 Å². The lowest BCUT2D eigenvalue weighted by molar-refractivity contribution is -0.184. The van der Waals surface area contributed by atoms with Crippen LogP contribution in [0.3, 0.4) is 0 Å². The largest absolute Gasteiger partial charge is 0.391 e. The highest BCUT2D eigenvalue weighted by Gasteiger charge is 2.42. The van der Waals surface area contributed by atoms with Gasteiger partial charge in [0, 0.05) is 18.5 Å². The molecule has 0 aromatic carbocycles. The second-order valence-corrected chi connectivity index (χ2v) is 6.00. The lowest BCUT2D eigenvalue weighted by Gasteiger charge is -2.31. The van der Waals surface area contributed by atoms with Crippen molar-refractivity contribution < 1.29 is 18.0 Å². The van der Waals surface area contributed by atoms with Crippen LogP contribution in [0.4, 0.5) is 13.2 Å². The quantitative estimate of drug-likeness (QED) is 0.832. The van der Waals surface area contributed by atoms with Crippen molar-refractivity contribution in [3.63, 3.8) is 0 Å². The Morgan fingerprint density at radius 1 is 1.19 bits per heavy atom. The van der Waals surface area contributed by atoms with Crippen LogP contribution in [0.1, 0.15) is 51.4 Å². The van der Waals surface area contributed by atoms with Crippen LogP contribution in [0.15, 0.2) is 0 Å². The van der Waals surface area contributed by atoms with Crippen molar-refractivity contribution in [2.24, 2.45) is 5.92 Å². The Hall–Kier alpha value is -0.490. The molecule has 0 aromatic rings. The minimum Gasteiger partial charge on any atom is -0.353 e. The highest BCUT2D eigenvalue weighted by Crippen LogP contribution is 2.37. The van der Waals surface area contributed by atoms with Gasteiger partial charge in [0.2, 0.25) is 5.91 Å². The molecule has 1 amide bonds. The molecular weight excluding hydrogens is 305 g/mol. The predicted molar refractivity (Wildman–Crippen MR) is 77.5 cm³/mol. The van der Waals surface area contributed by atoms with Crippen LogP contribution >= 0.6 is 12.4 Å². The van der Waals surface area contributed by atoms with Crippen LogP contribution in [0, 0.1) is 5.92 Å². The van der Waals surface area contributed by atoms with E-state index in [2.05, 4.69) is 10.6 Å². The molecule has 0 aromatic heterocycles. The third-order valence-electron chi connectivity index (χ3n) is 4.38. The van der Waals surface area contributed by atoms with Gasteiger partial charge in [0.25, 0.3) is 0 Å². The molecule has 2 N–H and O–H groups in total. The van der Waals surface area contributed by atoms with Gasteiger partial charge in [-0.05, 0) is 45.1 Å². The molecule has 1 aliphatic carbocycles. The molecule has 2 rings (SSSR count). The van der Waals surface area contributed by atoms with Gasteiger partial charge in [0.1, 0.15) is 0 Å². The molecule has 0 bridgehead atoms. The fraction of sp³-hybridized carbons (Fsp3) is 0.929. The molecule has 21 heavy (non-hydrogen) atoms. The molecule has 3 atom stereocenters. The van der Waals surface area contributed by atoms with Gasteiger partial charge in [-0.15, -0.1) is 12.4 Å². The van der Waals surface area contributed by atoms with Gasteiger partial charge in [0.05, 0.1) is 5.92 Å². The molecule has 0 radical (unpaired) electrons. The van der Waals surface area contributed by atoms with Crippen LogP contribution < -0.4 is 10.6 Å². The molecule has 0 spiro atoms. The summed E-state index contributed by atoms with van der Waals surface area (Å²) in [5.41, 5.74) is 0. The molecule has 124 valence electrons. The summed E-state index contributed by atoms with van der Waals surface area (Å²) in [7, 11) is 0. The van der Waals surface area contributed by atoms with Crippen LogP contribution in [0.25, 0.3) is 0 Å². The topological polar surface area (TPSA) is 41.1 Å².